The topological polar surface area (TPSA) is 107 Å². The maximum absolute atomic E-state index is 12.3. The first kappa shape index (κ1) is 28.4. The van der Waals surface area contributed by atoms with Gasteiger partial charge in [-0.2, -0.15) is 0 Å². The third-order valence-corrected chi connectivity index (χ3v) is 7.96. The Morgan fingerprint density at radius 1 is 1.10 bits per heavy atom. The van der Waals surface area contributed by atoms with Gasteiger partial charge < -0.3 is 24.1 Å². The predicted molar refractivity (Wildman–Crippen MR) is 162 cm³/mol. The van der Waals surface area contributed by atoms with Crippen molar-refractivity contribution in [3.63, 3.8) is 0 Å². The lowest BCUT2D eigenvalue weighted by atomic mass is 9.93. The fourth-order valence-electron chi connectivity index (χ4n) is 4.85. The van der Waals surface area contributed by atoms with Gasteiger partial charge in [0.25, 0.3) is 5.91 Å². The normalized spacial score (nSPS) is 12.2. The van der Waals surface area contributed by atoms with Crippen molar-refractivity contribution in [2.45, 2.75) is 65.0 Å². The zero-order chi connectivity index (χ0) is 29.5. The number of hydrogen-bond donors (Lipinski definition) is 2. The molecule has 2 N–H and O–H groups in total. The number of aryl methyl sites for hydroxylation is 1. The van der Waals surface area contributed by atoms with Gasteiger partial charge >= 0.3 is 5.97 Å². The Labute approximate surface area is 243 Å². The number of likely N-dealkylation sites (N-methyl/N-ethyl adjacent to an activating group) is 1. The second-order valence-corrected chi connectivity index (χ2v) is 12.7. The minimum Gasteiger partial charge on any atom is -0.481 e. The van der Waals surface area contributed by atoms with Crippen molar-refractivity contribution >= 4 is 45.1 Å². The quantitative estimate of drug-likeness (QED) is 0.201. The van der Waals surface area contributed by atoms with Gasteiger partial charge in [0.1, 0.15) is 11.3 Å². The molecule has 0 saturated heterocycles. The predicted octanol–water partition coefficient (Wildman–Crippen LogP) is 6.78. The minimum absolute atomic E-state index is 0.0192. The lowest BCUT2D eigenvalue weighted by Gasteiger charge is -2.24. The summed E-state index contributed by atoms with van der Waals surface area (Å²) in [4.78, 5) is 28.4. The molecule has 0 atom stereocenters. The van der Waals surface area contributed by atoms with E-state index in [-0.39, 0.29) is 17.7 Å². The molecule has 214 valence electrons. The Kier molecular flexibility index (Phi) is 7.42. The second-order valence-electron chi connectivity index (χ2n) is 11.8. The summed E-state index contributed by atoms with van der Waals surface area (Å²) in [6, 6.07) is 13.9. The van der Waals surface area contributed by atoms with Crippen molar-refractivity contribution in [2.75, 3.05) is 7.05 Å². The lowest BCUT2D eigenvalue weighted by Crippen LogP contribution is -2.45. The molecule has 0 saturated carbocycles. The number of carbonyl (C=O) groups excluding carboxylic acids is 1. The van der Waals surface area contributed by atoms with Crippen molar-refractivity contribution in [1.29, 1.82) is 0 Å². The number of carboxylic acids is 1. The molecule has 2 aromatic carbocycles. The molecule has 0 aliphatic carbocycles. The van der Waals surface area contributed by atoms with Crippen LogP contribution in [0.15, 0.2) is 58.5 Å². The highest BCUT2D eigenvalue weighted by atomic mass is 32.1. The molecule has 1 amide bonds. The maximum Gasteiger partial charge on any atom is 0.303 e. The zero-order valence-electron chi connectivity index (χ0n) is 24.2. The second kappa shape index (κ2) is 10.7. The number of aliphatic carboxylic acids is 1. The summed E-state index contributed by atoms with van der Waals surface area (Å²) in [6.45, 7) is 10.5. The lowest BCUT2D eigenvalue weighted by molar-refractivity contribution is -0.137. The van der Waals surface area contributed by atoms with Crippen LogP contribution in [0.5, 0.6) is 5.75 Å². The van der Waals surface area contributed by atoms with Crippen LogP contribution in [-0.2, 0) is 28.0 Å². The molecule has 3 heterocycles. The number of nitrogens with zero attached hydrogens (tertiary/aromatic N) is 2. The SMILES string of the molecule is CNC(=O)C(C)(C)Oc1ccc2c(c1)c(CCC(=O)O)cn2Cc1ccc2oc(-c3nc(C(C)(C)C)cs3)cc2c1. The molecule has 0 unspecified atom stereocenters. The summed E-state index contributed by atoms with van der Waals surface area (Å²) in [6.07, 6.45) is 2.41. The molecule has 0 aliphatic heterocycles. The van der Waals surface area contributed by atoms with E-state index in [1.165, 1.54) is 0 Å². The fourth-order valence-corrected chi connectivity index (χ4v) is 5.85. The highest BCUT2D eigenvalue weighted by Crippen LogP contribution is 2.34. The van der Waals surface area contributed by atoms with Crippen LogP contribution in [-0.4, -0.2) is 39.2 Å². The number of nitrogens with one attached hydrogen (secondary N) is 1. The summed E-state index contributed by atoms with van der Waals surface area (Å²) >= 11 is 1.59. The molecule has 0 radical (unpaired) electrons. The van der Waals surface area contributed by atoms with Crippen LogP contribution in [0.1, 0.15) is 57.9 Å². The zero-order valence-corrected chi connectivity index (χ0v) is 25.0. The highest BCUT2D eigenvalue weighted by molar-refractivity contribution is 7.13. The molecular weight excluding hydrogens is 538 g/mol. The number of ether oxygens (including phenoxy) is 1. The van der Waals surface area contributed by atoms with Gasteiger partial charge in [0.15, 0.2) is 16.4 Å². The first-order valence-electron chi connectivity index (χ1n) is 13.6. The van der Waals surface area contributed by atoms with Crippen molar-refractivity contribution in [3.05, 3.63) is 70.9 Å². The summed E-state index contributed by atoms with van der Waals surface area (Å²) in [5.74, 6) is 0.218. The van der Waals surface area contributed by atoms with Gasteiger partial charge in [0.05, 0.1) is 5.69 Å². The number of carbonyl (C=O) groups is 2. The largest absolute Gasteiger partial charge is 0.481 e. The van der Waals surface area contributed by atoms with Crippen molar-refractivity contribution in [2.24, 2.45) is 0 Å². The average molecular weight is 574 g/mol. The number of carboxylic acid groups (broad SMARTS) is 1. The van der Waals surface area contributed by atoms with E-state index in [4.69, 9.17) is 14.1 Å². The Hall–Kier alpha value is -4.11. The molecule has 0 bridgehead atoms. The van der Waals surface area contributed by atoms with E-state index in [0.29, 0.717) is 18.7 Å². The Bertz CT molecular complexity index is 1750. The van der Waals surface area contributed by atoms with Gasteiger partial charge in [-0.3, -0.25) is 9.59 Å². The number of hydrogen-bond acceptors (Lipinski definition) is 6. The standard InChI is InChI=1S/C32H35N3O5S/c1-31(2,3)27-18-41-29(34-27)26-14-21-13-19(7-11-25(21)39-26)16-35-17-20(8-12-28(36)37)23-15-22(9-10-24(23)35)40-32(4,5)30(38)33-6/h7,9-11,13-15,17-18H,8,12,16H2,1-6H3,(H,33,38)(H,36,37). The molecule has 8 nitrogen and oxygen atoms in total. The Morgan fingerprint density at radius 3 is 2.56 bits per heavy atom. The Morgan fingerprint density at radius 2 is 1.88 bits per heavy atom. The maximum atomic E-state index is 12.3. The van der Waals surface area contributed by atoms with Crippen molar-refractivity contribution < 1.29 is 23.8 Å². The number of aromatic nitrogens is 2. The highest BCUT2D eigenvalue weighted by Gasteiger charge is 2.29. The Balaban J connectivity index is 1.46. The summed E-state index contributed by atoms with van der Waals surface area (Å²) in [7, 11) is 1.57. The van der Waals surface area contributed by atoms with Crippen LogP contribution < -0.4 is 10.1 Å². The van der Waals surface area contributed by atoms with Crippen molar-refractivity contribution in [1.82, 2.24) is 14.9 Å². The van der Waals surface area contributed by atoms with Gasteiger partial charge in [-0.15, -0.1) is 11.3 Å². The van der Waals surface area contributed by atoms with E-state index < -0.39 is 11.6 Å². The number of rotatable bonds is 9. The molecule has 0 fully saturated rings. The van der Waals surface area contributed by atoms with E-state index in [0.717, 1.165) is 49.5 Å². The molecule has 3 aromatic heterocycles. The minimum atomic E-state index is -1.06. The van der Waals surface area contributed by atoms with Crippen LogP contribution in [0.4, 0.5) is 0 Å². The molecule has 5 rings (SSSR count). The third kappa shape index (κ3) is 6.00. The number of benzene rings is 2. The van der Waals surface area contributed by atoms with E-state index in [1.54, 1.807) is 32.2 Å². The van der Waals surface area contributed by atoms with Crippen LogP contribution in [0.2, 0.25) is 0 Å². The molecule has 0 spiro atoms. The first-order valence-corrected chi connectivity index (χ1v) is 14.5. The van der Waals surface area contributed by atoms with Crippen molar-refractivity contribution in [3.8, 4) is 16.5 Å². The molecular formula is C32H35N3O5S. The van der Waals surface area contributed by atoms with Crippen LogP contribution in [0, 0.1) is 0 Å². The number of furan rings is 1. The third-order valence-electron chi connectivity index (χ3n) is 7.11. The number of fused-ring (bicyclic) bond motifs is 2. The van der Waals surface area contributed by atoms with Gasteiger partial charge in [-0.1, -0.05) is 26.8 Å². The number of amides is 1. The van der Waals surface area contributed by atoms with Gasteiger partial charge in [0, 0.05) is 53.3 Å². The average Bonchev–Trinajstić information content (AvgIpc) is 3.63. The van der Waals surface area contributed by atoms with E-state index in [2.05, 4.69) is 42.1 Å². The summed E-state index contributed by atoms with van der Waals surface area (Å²) < 4.78 is 14.3. The van der Waals surface area contributed by atoms with Crippen LogP contribution >= 0.6 is 11.3 Å². The summed E-state index contributed by atoms with van der Waals surface area (Å²) in [5, 5.41) is 16.8. The fraction of sp³-hybridized carbons (Fsp3) is 0.344. The van der Waals surface area contributed by atoms with E-state index >= 15 is 0 Å². The summed E-state index contributed by atoms with van der Waals surface area (Å²) in [5.41, 5.74) is 3.72. The first-order chi connectivity index (χ1) is 19.3. The molecule has 41 heavy (non-hydrogen) atoms. The number of thiazole rings is 1. The molecule has 0 aliphatic rings. The monoisotopic (exact) mass is 573 g/mol. The molecule has 5 aromatic rings. The van der Waals surface area contributed by atoms with E-state index in [9.17, 15) is 14.7 Å². The van der Waals surface area contributed by atoms with Gasteiger partial charge in [0.2, 0.25) is 0 Å². The van der Waals surface area contributed by atoms with E-state index in [1.807, 2.05) is 42.6 Å². The smallest absolute Gasteiger partial charge is 0.303 e. The molecule has 9 heteroatoms. The van der Waals surface area contributed by atoms with Crippen LogP contribution in [0.25, 0.3) is 32.6 Å². The van der Waals surface area contributed by atoms with Crippen LogP contribution in [0.3, 0.4) is 0 Å². The van der Waals surface area contributed by atoms with Gasteiger partial charge in [-0.05, 0) is 67.8 Å². The van der Waals surface area contributed by atoms with Gasteiger partial charge in [-0.25, -0.2) is 4.98 Å².